The Kier molecular flexibility index (Phi) is 7.34. The van der Waals surface area contributed by atoms with Crippen molar-refractivity contribution >= 4 is 22.4 Å². The monoisotopic (exact) mass is 359 g/mol. The maximum atomic E-state index is 12.7. The van der Waals surface area contributed by atoms with Crippen molar-refractivity contribution in [3.05, 3.63) is 60.7 Å². The molecule has 0 bridgehead atoms. The van der Waals surface area contributed by atoms with Crippen LogP contribution in [0.2, 0.25) is 0 Å². The van der Waals surface area contributed by atoms with Gasteiger partial charge in [0.1, 0.15) is 0 Å². The van der Waals surface area contributed by atoms with Crippen LogP contribution < -0.4 is 4.90 Å². The van der Waals surface area contributed by atoms with Crippen molar-refractivity contribution in [2.45, 2.75) is 30.8 Å². The lowest BCUT2D eigenvalue weighted by Gasteiger charge is -2.26. The summed E-state index contributed by atoms with van der Waals surface area (Å²) in [5.41, 5.74) is 0.797. The molecule has 134 valence electrons. The molecule has 3 atom stereocenters. The normalized spacial score (nSPS) is 14.5. The van der Waals surface area contributed by atoms with Crippen LogP contribution in [0.4, 0.5) is 5.69 Å². The average molecular weight is 359 g/mol. The van der Waals surface area contributed by atoms with E-state index in [4.69, 9.17) is 0 Å². The first kappa shape index (κ1) is 19.3. The molecule has 0 heterocycles. The molecule has 0 saturated carbocycles. The summed E-state index contributed by atoms with van der Waals surface area (Å²) in [7, 11) is 0.550. The van der Waals surface area contributed by atoms with E-state index in [0.29, 0.717) is 18.6 Å². The number of anilines is 1. The molecule has 0 radical (unpaired) electrons. The van der Waals surface area contributed by atoms with Crippen LogP contribution >= 0.6 is 0 Å². The molecule has 0 spiro atoms. The highest BCUT2D eigenvalue weighted by Gasteiger charge is 2.28. The number of rotatable bonds is 8. The first-order valence-electron chi connectivity index (χ1n) is 8.48. The van der Waals surface area contributed by atoms with Gasteiger partial charge in [0, 0.05) is 23.4 Å². The van der Waals surface area contributed by atoms with E-state index in [-0.39, 0.29) is 5.91 Å². The van der Waals surface area contributed by atoms with E-state index < -0.39 is 22.8 Å². The van der Waals surface area contributed by atoms with Crippen molar-refractivity contribution < 1.29 is 14.1 Å². The summed E-state index contributed by atoms with van der Waals surface area (Å²) in [6, 6.07) is 18.6. The predicted molar refractivity (Wildman–Crippen MR) is 102 cm³/mol. The highest BCUT2D eigenvalue weighted by Crippen LogP contribution is 2.20. The third-order valence-corrected chi connectivity index (χ3v) is 5.71. The Morgan fingerprint density at radius 1 is 1.08 bits per heavy atom. The topological polar surface area (TPSA) is 57.6 Å². The van der Waals surface area contributed by atoms with Crippen molar-refractivity contribution in [1.82, 2.24) is 0 Å². The van der Waals surface area contributed by atoms with Gasteiger partial charge in [-0.25, -0.2) is 0 Å². The maximum Gasteiger partial charge on any atom is 0.232 e. The zero-order chi connectivity index (χ0) is 18.2. The fraction of sp³-hybridized carbons (Fsp3) is 0.350. The molecule has 25 heavy (non-hydrogen) atoms. The summed E-state index contributed by atoms with van der Waals surface area (Å²) >= 11 is 0. The van der Waals surface area contributed by atoms with Crippen LogP contribution in [0.25, 0.3) is 0 Å². The quantitative estimate of drug-likeness (QED) is 0.787. The van der Waals surface area contributed by atoms with Gasteiger partial charge < -0.3 is 10.0 Å². The molecule has 1 amide bonds. The minimum atomic E-state index is -1.17. The Morgan fingerprint density at radius 3 is 2.20 bits per heavy atom. The number of aliphatic hydroxyl groups excluding tert-OH is 1. The van der Waals surface area contributed by atoms with Crippen LogP contribution in [0.5, 0.6) is 0 Å². The number of nitrogens with zero attached hydrogens (tertiary/aromatic N) is 1. The molecule has 0 aromatic heterocycles. The lowest BCUT2D eigenvalue weighted by molar-refractivity contribution is -0.125. The number of carbonyl (C=O) groups excluding carboxylic acids is 1. The lowest BCUT2D eigenvalue weighted by Crippen LogP contribution is -2.39. The Balaban J connectivity index is 1.97. The van der Waals surface area contributed by atoms with E-state index in [2.05, 4.69) is 0 Å². The minimum Gasteiger partial charge on any atom is -0.392 e. The van der Waals surface area contributed by atoms with E-state index in [0.717, 1.165) is 10.6 Å². The number of para-hydroxylation sites is 1. The molecule has 0 aliphatic rings. The molecule has 0 aliphatic heterocycles. The first-order valence-corrected chi connectivity index (χ1v) is 9.80. The molecule has 2 rings (SSSR count). The third-order valence-electron chi connectivity index (χ3n) is 4.30. The Morgan fingerprint density at radius 2 is 1.64 bits per heavy atom. The highest BCUT2D eigenvalue weighted by atomic mass is 32.2. The summed E-state index contributed by atoms with van der Waals surface area (Å²) in [4.78, 5) is 15.0. The van der Waals surface area contributed by atoms with Gasteiger partial charge in [0.05, 0.1) is 22.8 Å². The molecule has 1 N–H and O–H groups in total. The Hall–Kier alpha value is -1.98. The number of aliphatic hydroxyl groups is 1. The Labute approximate surface area is 151 Å². The largest absolute Gasteiger partial charge is 0.392 e. The zero-order valence-corrected chi connectivity index (χ0v) is 15.5. The van der Waals surface area contributed by atoms with Crippen LogP contribution in [0, 0.1) is 5.92 Å². The van der Waals surface area contributed by atoms with Crippen molar-refractivity contribution in [2.75, 3.05) is 17.7 Å². The molecule has 0 saturated heterocycles. The smallest absolute Gasteiger partial charge is 0.232 e. The SMILES string of the molecule is CCC(C(=O)N(C)c1ccccc1)C(O)CCS(=O)c1ccccc1. The van der Waals surface area contributed by atoms with Gasteiger partial charge in [-0.05, 0) is 37.1 Å². The first-order chi connectivity index (χ1) is 12.0. The summed E-state index contributed by atoms with van der Waals surface area (Å²) in [6.45, 7) is 1.89. The van der Waals surface area contributed by atoms with Crippen LogP contribution in [0.3, 0.4) is 0 Å². The standard InChI is InChI=1S/C20H25NO3S/c1-3-18(20(23)21(2)16-10-6-4-7-11-16)19(22)14-15-25(24)17-12-8-5-9-13-17/h4-13,18-19,22H,3,14-15H2,1-2H3. The van der Waals surface area contributed by atoms with E-state index >= 15 is 0 Å². The molecule has 2 aromatic rings. The summed E-state index contributed by atoms with van der Waals surface area (Å²) in [6.07, 6.45) is 0.0557. The summed E-state index contributed by atoms with van der Waals surface area (Å²) in [5, 5.41) is 10.5. The molecule has 4 nitrogen and oxygen atoms in total. The fourth-order valence-electron chi connectivity index (χ4n) is 2.76. The second-order valence-electron chi connectivity index (χ2n) is 5.97. The fourth-order valence-corrected chi connectivity index (χ4v) is 3.91. The van der Waals surface area contributed by atoms with Gasteiger partial charge in [0.2, 0.25) is 5.91 Å². The maximum absolute atomic E-state index is 12.7. The average Bonchev–Trinajstić information content (AvgIpc) is 2.67. The number of carbonyl (C=O) groups is 1. The minimum absolute atomic E-state index is 0.119. The van der Waals surface area contributed by atoms with E-state index in [1.165, 1.54) is 0 Å². The molecule has 3 unspecified atom stereocenters. The number of amides is 1. The highest BCUT2D eigenvalue weighted by molar-refractivity contribution is 7.85. The van der Waals surface area contributed by atoms with E-state index in [1.54, 1.807) is 11.9 Å². The van der Waals surface area contributed by atoms with Gasteiger partial charge in [-0.2, -0.15) is 0 Å². The van der Waals surface area contributed by atoms with Gasteiger partial charge in [-0.1, -0.05) is 43.3 Å². The van der Waals surface area contributed by atoms with Crippen LogP contribution in [-0.4, -0.2) is 34.1 Å². The van der Waals surface area contributed by atoms with Crippen molar-refractivity contribution in [2.24, 2.45) is 5.92 Å². The molecule has 0 fully saturated rings. The zero-order valence-electron chi connectivity index (χ0n) is 14.7. The van der Waals surface area contributed by atoms with E-state index in [9.17, 15) is 14.1 Å². The lowest BCUT2D eigenvalue weighted by atomic mass is 9.95. The molecule has 2 aromatic carbocycles. The Bertz CT molecular complexity index is 691. The summed E-state index contributed by atoms with van der Waals surface area (Å²) in [5.74, 6) is -0.283. The van der Waals surface area contributed by atoms with Crippen molar-refractivity contribution in [3.63, 3.8) is 0 Å². The molecule has 5 heteroatoms. The second kappa shape index (κ2) is 9.49. The van der Waals surface area contributed by atoms with Gasteiger partial charge in [-0.3, -0.25) is 9.00 Å². The number of benzene rings is 2. The van der Waals surface area contributed by atoms with Crippen LogP contribution in [0.15, 0.2) is 65.6 Å². The van der Waals surface area contributed by atoms with Crippen LogP contribution in [-0.2, 0) is 15.6 Å². The van der Waals surface area contributed by atoms with Gasteiger partial charge in [0.15, 0.2) is 0 Å². The molecular formula is C20H25NO3S. The third kappa shape index (κ3) is 5.25. The summed E-state index contributed by atoms with van der Waals surface area (Å²) < 4.78 is 12.3. The number of hydrogen-bond donors (Lipinski definition) is 1. The van der Waals surface area contributed by atoms with Crippen molar-refractivity contribution in [3.8, 4) is 0 Å². The van der Waals surface area contributed by atoms with Crippen molar-refractivity contribution in [1.29, 1.82) is 0 Å². The molecular weight excluding hydrogens is 334 g/mol. The van der Waals surface area contributed by atoms with E-state index in [1.807, 2.05) is 67.6 Å². The van der Waals surface area contributed by atoms with Gasteiger partial charge in [-0.15, -0.1) is 0 Å². The van der Waals surface area contributed by atoms with Gasteiger partial charge in [0.25, 0.3) is 0 Å². The predicted octanol–water partition coefficient (Wildman–Crippen LogP) is 3.23. The van der Waals surface area contributed by atoms with Gasteiger partial charge >= 0.3 is 0 Å². The number of hydrogen-bond acceptors (Lipinski definition) is 3. The van der Waals surface area contributed by atoms with Crippen LogP contribution in [0.1, 0.15) is 19.8 Å². The second-order valence-corrected chi connectivity index (χ2v) is 7.54. The molecule has 0 aliphatic carbocycles.